The molecule has 120 valence electrons. The Bertz CT molecular complexity index is 703. The van der Waals surface area contributed by atoms with Gasteiger partial charge in [0.1, 0.15) is 11.6 Å². The number of nitrogens with zero attached hydrogens (tertiary/aromatic N) is 1. The van der Waals surface area contributed by atoms with Crippen LogP contribution in [0.2, 0.25) is 0 Å². The minimum absolute atomic E-state index is 0.0406. The quantitative estimate of drug-likeness (QED) is 0.500. The Morgan fingerprint density at radius 3 is 2.52 bits per heavy atom. The fraction of sp³-hybridized carbons (Fsp3) is 0.188. The number of rotatable bonds is 6. The van der Waals surface area contributed by atoms with E-state index < -0.39 is 11.0 Å². The molecule has 0 bridgehead atoms. The summed E-state index contributed by atoms with van der Waals surface area (Å²) >= 11 is 5.56. The summed E-state index contributed by atoms with van der Waals surface area (Å²) in [6.45, 7) is 0. The van der Waals surface area contributed by atoms with Crippen LogP contribution in [0.25, 0.3) is 0 Å². The number of methoxy groups -OCH3 is 1. The van der Waals surface area contributed by atoms with Gasteiger partial charge in [0.2, 0.25) is 5.91 Å². The van der Waals surface area contributed by atoms with Crippen LogP contribution >= 0.6 is 11.6 Å². The van der Waals surface area contributed by atoms with Crippen molar-refractivity contribution in [2.45, 2.75) is 6.04 Å². The predicted octanol–water partition coefficient (Wildman–Crippen LogP) is 3.05. The Morgan fingerprint density at radius 2 is 1.96 bits per heavy atom. The molecule has 23 heavy (non-hydrogen) atoms. The largest absolute Gasteiger partial charge is 0.497 e. The lowest BCUT2D eigenvalue weighted by atomic mass is 9.98. The highest BCUT2D eigenvalue weighted by Gasteiger charge is 2.19. The van der Waals surface area contributed by atoms with E-state index in [9.17, 15) is 14.9 Å². The van der Waals surface area contributed by atoms with E-state index in [1.54, 1.807) is 43.5 Å². The number of benzene rings is 2. The Labute approximate surface area is 138 Å². The lowest BCUT2D eigenvalue weighted by Crippen LogP contribution is -2.30. The van der Waals surface area contributed by atoms with E-state index in [1.165, 1.54) is 12.1 Å². The van der Waals surface area contributed by atoms with Gasteiger partial charge in [-0.2, -0.15) is 0 Å². The van der Waals surface area contributed by atoms with Gasteiger partial charge in [-0.05, 0) is 23.3 Å². The van der Waals surface area contributed by atoms with Crippen LogP contribution in [0.5, 0.6) is 5.75 Å². The van der Waals surface area contributed by atoms with Gasteiger partial charge in [0.05, 0.1) is 18.1 Å². The van der Waals surface area contributed by atoms with Crippen LogP contribution in [-0.2, 0) is 4.79 Å². The topological polar surface area (TPSA) is 81.5 Å². The van der Waals surface area contributed by atoms with Gasteiger partial charge < -0.3 is 10.1 Å². The van der Waals surface area contributed by atoms with Crippen LogP contribution in [0.1, 0.15) is 17.2 Å². The first-order valence-corrected chi connectivity index (χ1v) is 7.32. The Morgan fingerprint density at radius 1 is 1.26 bits per heavy atom. The normalized spacial score (nSPS) is 11.6. The second kappa shape index (κ2) is 7.60. The third-order valence-corrected chi connectivity index (χ3v) is 3.53. The van der Waals surface area contributed by atoms with Gasteiger partial charge in [-0.25, -0.2) is 0 Å². The molecular formula is C16H15ClN2O4. The zero-order chi connectivity index (χ0) is 16.8. The van der Waals surface area contributed by atoms with Gasteiger partial charge in [0.25, 0.3) is 5.69 Å². The molecule has 1 atom stereocenters. The van der Waals surface area contributed by atoms with Gasteiger partial charge >= 0.3 is 0 Å². The Balaban J connectivity index is 2.42. The Kier molecular flexibility index (Phi) is 5.54. The first-order chi connectivity index (χ1) is 11.0. The van der Waals surface area contributed by atoms with Crippen LogP contribution < -0.4 is 10.1 Å². The van der Waals surface area contributed by atoms with Crippen molar-refractivity contribution in [1.29, 1.82) is 0 Å². The number of nitro groups is 1. The van der Waals surface area contributed by atoms with Crippen LogP contribution in [-0.4, -0.2) is 23.8 Å². The number of carbonyl (C=O) groups excluding carboxylic acids is 1. The summed E-state index contributed by atoms with van der Waals surface area (Å²) in [4.78, 5) is 22.2. The van der Waals surface area contributed by atoms with Crippen molar-refractivity contribution >= 4 is 23.2 Å². The minimum atomic E-state index is -0.535. The number of non-ortho nitro benzene ring substituents is 1. The number of hydrogen-bond acceptors (Lipinski definition) is 4. The lowest BCUT2D eigenvalue weighted by Gasteiger charge is -2.19. The van der Waals surface area contributed by atoms with Gasteiger partial charge in [-0.3, -0.25) is 14.9 Å². The molecule has 0 saturated carbocycles. The van der Waals surface area contributed by atoms with Crippen LogP contribution in [0.4, 0.5) is 5.69 Å². The monoisotopic (exact) mass is 334 g/mol. The molecule has 2 rings (SSSR count). The van der Waals surface area contributed by atoms with Gasteiger partial charge in [0, 0.05) is 12.1 Å². The molecule has 2 aromatic rings. The maximum Gasteiger partial charge on any atom is 0.269 e. The van der Waals surface area contributed by atoms with Crippen LogP contribution in [0.3, 0.4) is 0 Å². The van der Waals surface area contributed by atoms with Gasteiger partial charge in [0.15, 0.2) is 0 Å². The highest BCUT2D eigenvalue weighted by Crippen LogP contribution is 2.26. The van der Waals surface area contributed by atoms with Crippen LogP contribution in [0.15, 0.2) is 48.5 Å². The SMILES string of the molecule is COc1ccc(C(NC(=O)CCl)c2cccc([N+](=O)[O-])c2)cc1. The maximum absolute atomic E-state index is 11.7. The van der Waals surface area contributed by atoms with E-state index in [4.69, 9.17) is 16.3 Å². The van der Waals surface area contributed by atoms with Gasteiger partial charge in [-0.1, -0.05) is 24.3 Å². The Hall–Kier alpha value is -2.60. The number of amides is 1. The minimum Gasteiger partial charge on any atom is -0.497 e. The summed E-state index contributed by atoms with van der Waals surface area (Å²) in [5.41, 5.74) is 1.33. The fourth-order valence-electron chi connectivity index (χ4n) is 2.17. The molecule has 1 amide bonds. The number of alkyl halides is 1. The van der Waals surface area contributed by atoms with E-state index in [1.807, 2.05) is 0 Å². The zero-order valence-electron chi connectivity index (χ0n) is 12.4. The third-order valence-electron chi connectivity index (χ3n) is 3.29. The van der Waals surface area contributed by atoms with Crippen molar-refractivity contribution in [2.75, 3.05) is 13.0 Å². The van der Waals surface area contributed by atoms with E-state index in [0.717, 1.165) is 5.56 Å². The molecule has 0 saturated heterocycles. The predicted molar refractivity (Wildman–Crippen MR) is 86.8 cm³/mol. The maximum atomic E-state index is 11.7. The summed E-state index contributed by atoms with van der Waals surface area (Å²) in [7, 11) is 1.56. The molecule has 0 aromatic heterocycles. The van der Waals surface area contributed by atoms with E-state index in [0.29, 0.717) is 11.3 Å². The molecule has 0 aliphatic heterocycles. The third kappa shape index (κ3) is 4.20. The van der Waals surface area contributed by atoms with Crippen molar-refractivity contribution in [1.82, 2.24) is 5.32 Å². The molecule has 2 aromatic carbocycles. The molecular weight excluding hydrogens is 320 g/mol. The molecule has 6 nitrogen and oxygen atoms in total. The summed E-state index contributed by atoms with van der Waals surface area (Å²) in [5.74, 6) is 0.121. The highest BCUT2D eigenvalue weighted by atomic mass is 35.5. The second-order valence-electron chi connectivity index (χ2n) is 4.76. The number of carbonyl (C=O) groups is 1. The van der Waals surface area contributed by atoms with Crippen molar-refractivity contribution in [2.24, 2.45) is 0 Å². The molecule has 0 aliphatic carbocycles. The molecule has 1 N–H and O–H groups in total. The van der Waals surface area contributed by atoms with Crippen molar-refractivity contribution < 1.29 is 14.5 Å². The summed E-state index contributed by atoms with van der Waals surface area (Å²) in [6, 6.07) is 12.7. The molecule has 0 spiro atoms. The first-order valence-electron chi connectivity index (χ1n) is 6.78. The summed E-state index contributed by atoms with van der Waals surface area (Å²) < 4.78 is 5.11. The number of ether oxygens (including phenoxy) is 1. The smallest absolute Gasteiger partial charge is 0.269 e. The van der Waals surface area contributed by atoms with Crippen molar-refractivity contribution in [3.63, 3.8) is 0 Å². The summed E-state index contributed by atoms with van der Waals surface area (Å²) in [5, 5.41) is 13.7. The summed E-state index contributed by atoms with van der Waals surface area (Å²) in [6.07, 6.45) is 0. The average molecular weight is 335 g/mol. The molecule has 1 unspecified atom stereocenters. The zero-order valence-corrected chi connectivity index (χ0v) is 13.1. The molecule has 7 heteroatoms. The van der Waals surface area contributed by atoms with E-state index in [-0.39, 0.29) is 17.5 Å². The second-order valence-corrected chi connectivity index (χ2v) is 5.03. The molecule has 0 heterocycles. The molecule has 0 radical (unpaired) electrons. The van der Waals surface area contributed by atoms with Crippen molar-refractivity contribution in [3.05, 3.63) is 69.8 Å². The number of nitro benzene ring substituents is 1. The molecule has 0 aliphatic rings. The average Bonchev–Trinajstić information content (AvgIpc) is 2.59. The first kappa shape index (κ1) is 16.8. The number of hydrogen-bond donors (Lipinski definition) is 1. The van der Waals surface area contributed by atoms with Crippen LogP contribution in [0, 0.1) is 10.1 Å². The van der Waals surface area contributed by atoms with E-state index >= 15 is 0 Å². The van der Waals surface area contributed by atoms with E-state index in [2.05, 4.69) is 5.32 Å². The standard InChI is InChI=1S/C16H15ClN2O4/c1-23-14-7-5-11(6-8-14)16(18-15(20)10-17)12-3-2-4-13(9-12)19(21)22/h2-9,16H,10H2,1H3,(H,18,20). The number of halogens is 1. The lowest BCUT2D eigenvalue weighted by molar-refractivity contribution is -0.384. The number of nitrogens with one attached hydrogen (secondary N) is 1. The highest BCUT2D eigenvalue weighted by molar-refractivity contribution is 6.27. The fourth-order valence-corrected chi connectivity index (χ4v) is 2.25. The molecule has 0 fully saturated rings. The van der Waals surface area contributed by atoms with Gasteiger partial charge in [-0.15, -0.1) is 11.6 Å². The van der Waals surface area contributed by atoms with Crippen molar-refractivity contribution in [3.8, 4) is 5.75 Å².